The van der Waals surface area contributed by atoms with E-state index in [0.717, 1.165) is 24.0 Å². The Kier molecular flexibility index (Phi) is 15.4. The zero-order valence-corrected chi connectivity index (χ0v) is 21.8. The SMILES string of the molecule is CCCCCCCCCCCCCC(=O)NCC(=O)N/N=C\c1ccccc1OCc1ccccc1. The maximum Gasteiger partial charge on any atom is 0.259 e. The molecule has 0 aliphatic heterocycles. The van der Waals surface area contributed by atoms with Gasteiger partial charge in [-0.05, 0) is 24.1 Å². The monoisotopic (exact) mass is 493 g/mol. The predicted molar refractivity (Wildman–Crippen MR) is 147 cm³/mol. The number of unbranched alkanes of at least 4 members (excludes halogenated alkanes) is 10. The number of benzene rings is 2. The molecule has 0 unspecified atom stereocenters. The van der Waals surface area contributed by atoms with Crippen molar-refractivity contribution >= 4 is 18.0 Å². The van der Waals surface area contributed by atoms with E-state index in [2.05, 4.69) is 22.8 Å². The van der Waals surface area contributed by atoms with Crippen LogP contribution < -0.4 is 15.5 Å². The average Bonchev–Trinajstić information content (AvgIpc) is 2.90. The van der Waals surface area contributed by atoms with Crippen LogP contribution in [0.2, 0.25) is 0 Å². The molecule has 196 valence electrons. The molecule has 0 fully saturated rings. The van der Waals surface area contributed by atoms with E-state index >= 15 is 0 Å². The molecule has 0 heterocycles. The molecule has 0 aromatic heterocycles. The largest absolute Gasteiger partial charge is 0.488 e. The Morgan fingerprint density at radius 2 is 1.39 bits per heavy atom. The predicted octanol–water partition coefficient (Wildman–Crippen LogP) is 6.53. The van der Waals surface area contributed by atoms with Gasteiger partial charge in [0.25, 0.3) is 5.91 Å². The normalized spacial score (nSPS) is 10.9. The number of nitrogens with zero attached hydrogens (tertiary/aromatic N) is 1. The molecule has 0 radical (unpaired) electrons. The van der Waals surface area contributed by atoms with Gasteiger partial charge >= 0.3 is 0 Å². The van der Waals surface area contributed by atoms with Crippen molar-refractivity contribution < 1.29 is 14.3 Å². The first kappa shape index (κ1) is 29.1. The summed E-state index contributed by atoms with van der Waals surface area (Å²) in [4.78, 5) is 24.0. The molecular weight excluding hydrogens is 450 g/mol. The average molecular weight is 494 g/mol. The van der Waals surface area contributed by atoms with Crippen LogP contribution in [0.1, 0.15) is 95.1 Å². The Morgan fingerprint density at radius 1 is 0.778 bits per heavy atom. The van der Waals surface area contributed by atoms with Crippen molar-refractivity contribution in [3.05, 3.63) is 65.7 Å². The maximum atomic E-state index is 12.0. The van der Waals surface area contributed by atoms with E-state index in [1.807, 2.05) is 54.6 Å². The number of hydrogen-bond acceptors (Lipinski definition) is 4. The molecule has 2 aromatic carbocycles. The van der Waals surface area contributed by atoms with Gasteiger partial charge in [-0.15, -0.1) is 0 Å². The number of hydrazone groups is 1. The number of rotatable bonds is 19. The second kappa shape index (κ2) is 19.1. The van der Waals surface area contributed by atoms with Gasteiger partial charge in [-0.1, -0.05) is 114 Å². The molecule has 6 heteroatoms. The molecule has 0 spiro atoms. The number of para-hydroxylation sites is 1. The van der Waals surface area contributed by atoms with Gasteiger partial charge in [-0.2, -0.15) is 5.10 Å². The Morgan fingerprint density at radius 3 is 2.08 bits per heavy atom. The smallest absolute Gasteiger partial charge is 0.259 e. The third-order valence-corrected chi connectivity index (χ3v) is 6.00. The van der Waals surface area contributed by atoms with Crippen LogP contribution in [0.15, 0.2) is 59.7 Å². The molecule has 6 nitrogen and oxygen atoms in total. The Bertz CT molecular complexity index is 899. The van der Waals surface area contributed by atoms with Gasteiger partial charge in [0.15, 0.2) is 0 Å². The fourth-order valence-corrected chi connectivity index (χ4v) is 3.88. The Balaban J connectivity index is 1.54. The summed E-state index contributed by atoms with van der Waals surface area (Å²) in [6.45, 7) is 2.61. The van der Waals surface area contributed by atoms with Gasteiger partial charge in [-0.25, -0.2) is 5.43 Å². The minimum absolute atomic E-state index is 0.0830. The molecule has 0 atom stereocenters. The van der Waals surface area contributed by atoms with Crippen LogP contribution in [0.5, 0.6) is 5.75 Å². The van der Waals surface area contributed by atoms with Crippen molar-refractivity contribution in [1.82, 2.24) is 10.7 Å². The highest BCUT2D eigenvalue weighted by Crippen LogP contribution is 2.17. The van der Waals surface area contributed by atoms with Crippen LogP contribution in [-0.2, 0) is 16.2 Å². The van der Waals surface area contributed by atoms with Crippen molar-refractivity contribution in [2.75, 3.05) is 6.54 Å². The molecule has 0 bridgehead atoms. The zero-order valence-electron chi connectivity index (χ0n) is 21.8. The Hall–Kier alpha value is -3.15. The van der Waals surface area contributed by atoms with Crippen LogP contribution in [0.3, 0.4) is 0 Å². The summed E-state index contributed by atoms with van der Waals surface area (Å²) in [5.74, 6) is 0.227. The zero-order chi connectivity index (χ0) is 25.7. The number of hydrogen-bond donors (Lipinski definition) is 2. The van der Waals surface area contributed by atoms with Crippen molar-refractivity contribution in [3.63, 3.8) is 0 Å². The van der Waals surface area contributed by atoms with Gasteiger partial charge in [0.2, 0.25) is 5.91 Å². The van der Waals surface area contributed by atoms with E-state index < -0.39 is 0 Å². The summed E-state index contributed by atoms with van der Waals surface area (Å²) in [7, 11) is 0. The standard InChI is InChI=1S/C30H43N3O3/c1-2-3-4-5-6-7-8-9-10-11-15-22-29(34)31-24-30(35)33-32-23-27-20-16-17-21-28(27)36-25-26-18-13-12-14-19-26/h12-14,16-21,23H,2-11,15,22,24-25H2,1H3,(H,31,34)(H,33,35)/b32-23-. The summed E-state index contributed by atoms with van der Waals surface area (Å²) in [5.41, 5.74) is 4.29. The van der Waals surface area contributed by atoms with Gasteiger partial charge in [0.1, 0.15) is 12.4 Å². The third kappa shape index (κ3) is 13.7. The second-order valence-electron chi connectivity index (χ2n) is 9.17. The van der Waals surface area contributed by atoms with E-state index in [9.17, 15) is 9.59 Å². The summed E-state index contributed by atoms with van der Waals surface area (Å²) < 4.78 is 5.89. The van der Waals surface area contributed by atoms with Crippen LogP contribution in [-0.4, -0.2) is 24.6 Å². The first-order valence-corrected chi connectivity index (χ1v) is 13.5. The lowest BCUT2D eigenvalue weighted by Gasteiger charge is -2.09. The van der Waals surface area contributed by atoms with Gasteiger partial charge < -0.3 is 10.1 Å². The highest BCUT2D eigenvalue weighted by atomic mass is 16.5. The fourth-order valence-electron chi connectivity index (χ4n) is 3.88. The first-order valence-electron chi connectivity index (χ1n) is 13.5. The first-order chi connectivity index (χ1) is 17.7. The molecule has 2 N–H and O–H groups in total. The van der Waals surface area contributed by atoms with E-state index in [1.54, 1.807) is 6.21 Å². The third-order valence-electron chi connectivity index (χ3n) is 6.00. The molecule has 2 aromatic rings. The number of nitrogens with one attached hydrogen (secondary N) is 2. The van der Waals surface area contributed by atoms with Crippen molar-refractivity contribution in [1.29, 1.82) is 0 Å². The van der Waals surface area contributed by atoms with E-state index in [0.29, 0.717) is 18.8 Å². The summed E-state index contributed by atoms with van der Waals surface area (Å²) in [6.07, 6.45) is 15.7. The van der Waals surface area contributed by atoms with E-state index in [-0.39, 0.29) is 18.4 Å². The van der Waals surface area contributed by atoms with Gasteiger partial charge in [-0.3, -0.25) is 9.59 Å². The van der Waals surface area contributed by atoms with Crippen molar-refractivity contribution in [2.45, 2.75) is 90.6 Å². The van der Waals surface area contributed by atoms with Crippen molar-refractivity contribution in [3.8, 4) is 5.75 Å². The Labute approximate surface area is 216 Å². The fraction of sp³-hybridized carbons (Fsp3) is 0.500. The van der Waals surface area contributed by atoms with Crippen LogP contribution in [0.25, 0.3) is 0 Å². The highest BCUT2D eigenvalue weighted by Gasteiger charge is 2.05. The number of carbonyl (C=O) groups is 2. The molecular formula is C30H43N3O3. The van der Waals surface area contributed by atoms with Crippen LogP contribution in [0, 0.1) is 0 Å². The molecule has 36 heavy (non-hydrogen) atoms. The summed E-state index contributed by atoms with van der Waals surface area (Å²) in [5, 5.41) is 6.68. The molecule has 0 aliphatic carbocycles. The minimum atomic E-state index is -0.360. The molecule has 0 aliphatic rings. The maximum absolute atomic E-state index is 12.0. The number of amides is 2. The lowest BCUT2D eigenvalue weighted by Crippen LogP contribution is -2.34. The highest BCUT2D eigenvalue weighted by molar-refractivity contribution is 5.87. The van der Waals surface area contributed by atoms with Crippen LogP contribution in [0.4, 0.5) is 0 Å². The lowest BCUT2D eigenvalue weighted by atomic mass is 10.1. The summed E-state index contributed by atoms with van der Waals surface area (Å²) in [6, 6.07) is 17.4. The second-order valence-corrected chi connectivity index (χ2v) is 9.17. The van der Waals surface area contributed by atoms with Gasteiger partial charge in [0.05, 0.1) is 12.8 Å². The lowest BCUT2D eigenvalue weighted by molar-refractivity contribution is -0.126. The molecule has 0 saturated heterocycles. The minimum Gasteiger partial charge on any atom is -0.488 e. The van der Waals surface area contributed by atoms with E-state index in [4.69, 9.17) is 4.74 Å². The quantitative estimate of drug-likeness (QED) is 0.133. The number of carbonyl (C=O) groups excluding carboxylic acids is 2. The molecule has 2 rings (SSSR count). The topological polar surface area (TPSA) is 79.8 Å². The number of ether oxygens (including phenoxy) is 1. The molecule has 0 saturated carbocycles. The summed E-state index contributed by atoms with van der Waals surface area (Å²) >= 11 is 0. The molecule has 2 amide bonds. The van der Waals surface area contributed by atoms with E-state index in [1.165, 1.54) is 57.8 Å². The van der Waals surface area contributed by atoms with Crippen LogP contribution >= 0.6 is 0 Å². The van der Waals surface area contributed by atoms with Gasteiger partial charge in [0, 0.05) is 12.0 Å². The van der Waals surface area contributed by atoms with Crippen molar-refractivity contribution in [2.24, 2.45) is 5.10 Å².